The first kappa shape index (κ1) is 27.4. The maximum atomic E-state index is 13.4. The number of allylic oxidation sites excluding steroid dienone is 2. The zero-order valence-corrected chi connectivity index (χ0v) is 22.7. The van der Waals surface area contributed by atoms with E-state index < -0.39 is 10.4 Å². The lowest BCUT2D eigenvalue weighted by molar-refractivity contribution is 0.470. The molecule has 8 nitrogen and oxygen atoms in total. The van der Waals surface area contributed by atoms with Gasteiger partial charge < -0.3 is 20.5 Å². The lowest BCUT2D eigenvalue weighted by Gasteiger charge is -2.28. The molecule has 4 N–H and O–H groups in total. The predicted molar refractivity (Wildman–Crippen MR) is 145 cm³/mol. The molecule has 35 heavy (non-hydrogen) atoms. The molecule has 1 atom stereocenters. The van der Waals surface area contributed by atoms with Crippen LogP contribution in [0.4, 0.5) is 5.82 Å². The number of aliphatic imine (C=N–C) groups is 1. The number of aromatic nitrogens is 1. The zero-order chi connectivity index (χ0) is 25.8. The van der Waals surface area contributed by atoms with Crippen LogP contribution in [0.15, 0.2) is 51.7 Å². The number of benzene rings is 1. The molecule has 1 fully saturated rings. The molecule has 0 amide bonds. The zero-order valence-electron chi connectivity index (χ0n) is 20.4. The number of sulfonamides is 1. The predicted octanol–water partition coefficient (Wildman–Crippen LogP) is 4.27. The van der Waals surface area contributed by atoms with Crippen LogP contribution in [0.3, 0.4) is 0 Å². The van der Waals surface area contributed by atoms with E-state index in [0.29, 0.717) is 23.4 Å². The van der Waals surface area contributed by atoms with Gasteiger partial charge in [0.15, 0.2) is 10.4 Å². The molecule has 190 valence electrons. The van der Waals surface area contributed by atoms with Crippen LogP contribution in [0.1, 0.15) is 27.2 Å². The van der Waals surface area contributed by atoms with Gasteiger partial charge in [0, 0.05) is 45.1 Å². The second kappa shape index (κ2) is 11.7. The average molecular weight is 540 g/mol. The van der Waals surface area contributed by atoms with Crippen molar-refractivity contribution in [1.29, 1.82) is 0 Å². The highest BCUT2D eigenvalue weighted by molar-refractivity contribution is 7.96. The number of nitrogens with two attached hydrogens (primary N) is 1. The maximum absolute atomic E-state index is 13.4. The molecule has 0 saturated carbocycles. The summed E-state index contributed by atoms with van der Waals surface area (Å²) in [7, 11) is -2.57. The smallest absolute Gasteiger partial charge is 0.217 e. The van der Waals surface area contributed by atoms with E-state index in [1.54, 1.807) is 32.3 Å². The summed E-state index contributed by atoms with van der Waals surface area (Å²) in [6.07, 6.45) is 2.23. The van der Waals surface area contributed by atoms with Crippen LogP contribution < -0.4 is 20.7 Å². The van der Waals surface area contributed by atoms with Crippen molar-refractivity contribution in [3.63, 3.8) is 0 Å². The molecule has 2 heterocycles. The number of anilines is 1. The fourth-order valence-corrected chi connectivity index (χ4v) is 6.24. The Labute approximate surface area is 218 Å². The number of nitrogens with zero attached hydrogens (tertiary/aromatic N) is 3. The minimum atomic E-state index is -4.14. The molecule has 0 radical (unpaired) electrons. The van der Waals surface area contributed by atoms with Crippen LogP contribution in [-0.2, 0) is 14.6 Å². The van der Waals surface area contributed by atoms with Gasteiger partial charge in [-0.15, -0.1) is 0 Å². The molecular formula is C24H32Cl2N6O2S. The third kappa shape index (κ3) is 6.74. The van der Waals surface area contributed by atoms with Crippen molar-refractivity contribution in [3.8, 4) is 11.1 Å². The minimum absolute atomic E-state index is 0.00778. The molecule has 0 aliphatic carbocycles. The summed E-state index contributed by atoms with van der Waals surface area (Å²) in [5, 5.41) is 3.34. The second-order valence-electron chi connectivity index (χ2n) is 8.82. The first-order chi connectivity index (χ1) is 16.5. The highest BCUT2D eigenvalue weighted by atomic mass is 35.5. The molecule has 1 aromatic carbocycles. The number of rotatable bonds is 8. The molecule has 3 rings (SSSR count). The number of hydrogen-bond acceptors (Lipinski definition) is 7. The Kier molecular flexibility index (Phi) is 9.17. The van der Waals surface area contributed by atoms with Crippen LogP contribution in [-0.4, -0.2) is 48.5 Å². The van der Waals surface area contributed by atoms with Crippen LogP contribution >= 0.6 is 23.2 Å². The van der Waals surface area contributed by atoms with E-state index in [9.17, 15) is 8.76 Å². The number of hydrogen-bond donors (Lipinski definition) is 3. The normalized spacial score (nSPS) is 17.3. The van der Waals surface area contributed by atoms with E-state index in [1.165, 1.54) is 0 Å². The Bertz CT molecular complexity index is 1160. The number of pyridine rings is 1. The van der Waals surface area contributed by atoms with Gasteiger partial charge in [-0.2, -0.15) is 4.72 Å². The van der Waals surface area contributed by atoms with E-state index in [1.807, 2.05) is 26.0 Å². The van der Waals surface area contributed by atoms with Crippen LogP contribution in [0, 0.1) is 5.92 Å². The summed E-state index contributed by atoms with van der Waals surface area (Å²) >= 11 is 13.0. The van der Waals surface area contributed by atoms with Gasteiger partial charge >= 0.3 is 0 Å². The quantitative estimate of drug-likeness (QED) is 0.341. The van der Waals surface area contributed by atoms with Crippen molar-refractivity contribution in [2.75, 3.05) is 38.1 Å². The topological polar surface area (TPSA) is 119 Å². The van der Waals surface area contributed by atoms with Crippen LogP contribution in [0.2, 0.25) is 10.0 Å². The van der Waals surface area contributed by atoms with Crippen molar-refractivity contribution >= 4 is 45.1 Å². The minimum Gasteiger partial charge on any atom is -0.588 e. The van der Waals surface area contributed by atoms with Crippen LogP contribution in [0.5, 0.6) is 0 Å². The number of nitrogens with one attached hydrogen (secondary N) is 2. The summed E-state index contributed by atoms with van der Waals surface area (Å²) in [4.78, 5) is 10.6. The largest absolute Gasteiger partial charge is 0.588 e. The standard InChI is InChI=1S/C24H32Cl2N6O2S/c1-15(2)11-21(27)23(16(3)28-4)31-35(33,34)24-19(25)12-18(13-20(24)26)17-5-6-30-22(14-17)32-9-7-29-8-10-32/h5-6,12-15,29H,7-11,27H2,1-4H3,(H-,31,33,34)/b23-21+,28-16?. The molecular weight excluding hydrogens is 507 g/mol. The Hall–Kier alpha value is -2.17. The summed E-state index contributed by atoms with van der Waals surface area (Å²) in [5.41, 5.74) is 8.86. The Morgan fingerprint density at radius 3 is 2.46 bits per heavy atom. The lowest BCUT2D eigenvalue weighted by Crippen LogP contribution is -2.43. The number of piperazine rings is 1. The van der Waals surface area contributed by atoms with Crippen molar-refractivity contribution < 1.29 is 8.76 Å². The Morgan fingerprint density at radius 1 is 1.26 bits per heavy atom. The average Bonchev–Trinajstić information content (AvgIpc) is 2.81. The highest BCUT2D eigenvalue weighted by Gasteiger charge is 2.31. The molecule has 1 saturated heterocycles. The van der Waals surface area contributed by atoms with Crippen molar-refractivity contribution in [2.45, 2.75) is 32.1 Å². The molecule has 0 spiro atoms. The maximum Gasteiger partial charge on any atom is 0.217 e. The molecule has 2 aromatic rings. The van der Waals surface area contributed by atoms with E-state index in [4.69, 9.17) is 28.9 Å². The Balaban J connectivity index is 1.96. The monoisotopic (exact) mass is 538 g/mol. The summed E-state index contributed by atoms with van der Waals surface area (Å²) in [6, 6.07) is 6.99. The van der Waals surface area contributed by atoms with Gasteiger partial charge in [0.05, 0.1) is 15.8 Å². The number of halogens is 2. The van der Waals surface area contributed by atoms with Crippen molar-refractivity contribution in [2.24, 2.45) is 16.6 Å². The highest BCUT2D eigenvalue weighted by Crippen LogP contribution is 2.37. The summed E-state index contributed by atoms with van der Waals surface area (Å²) in [5.74, 6) is 1.08. The molecule has 11 heteroatoms. The van der Waals surface area contributed by atoms with E-state index in [2.05, 4.69) is 24.9 Å². The van der Waals surface area contributed by atoms with E-state index >= 15 is 0 Å². The fraction of sp³-hybridized carbons (Fsp3) is 0.417. The van der Waals surface area contributed by atoms with Crippen molar-refractivity contribution in [3.05, 3.63) is 51.9 Å². The fourth-order valence-electron chi connectivity index (χ4n) is 3.86. The molecule has 1 unspecified atom stereocenters. The van der Waals surface area contributed by atoms with Gasteiger partial charge in [0.1, 0.15) is 11.5 Å². The molecule has 1 aromatic heterocycles. The second-order valence-corrected chi connectivity index (χ2v) is 11.3. The van der Waals surface area contributed by atoms with Gasteiger partial charge in [-0.1, -0.05) is 41.3 Å². The van der Waals surface area contributed by atoms with Crippen molar-refractivity contribution in [1.82, 2.24) is 15.0 Å². The lowest BCUT2D eigenvalue weighted by atomic mass is 10.1. The molecule has 0 bridgehead atoms. The van der Waals surface area contributed by atoms with Gasteiger partial charge in [0.25, 0.3) is 0 Å². The molecule has 1 aliphatic rings. The third-order valence-electron chi connectivity index (χ3n) is 5.67. The summed E-state index contributed by atoms with van der Waals surface area (Å²) in [6.45, 7) is 9.19. The van der Waals surface area contributed by atoms with Gasteiger partial charge in [-0.3, -0.25) is 4.99 Å². The Morgan fingerprint density at radius 2 is 1.89 bits per heavy atom. The first-order valence-electron chi connectivity index (χ1n) is 11.4. The van der Waals surface area contributed by atoms with E-state index in [-0.39, 0.29) is 26.6 Å². The first-order valence-corrected chi connectivity index (χ1v) is 13.6. The van der Waals surface area contributed by atoms with E-state index in [0.717, 1.165) is 37.6 Å². The van der Waals surface area contributed by atoms with Gasteiger partial charge in [0.2, 0.25) is 4.90 Å². The van der Waals surface area contributed by atoms with Gasteiger partial charge in [-0.25, -0.2) is 4.98 Å². The molecule has 1 aliphatic heterocycles. The SMILES string of the molecule is CN=C(C)/C(N[S+](=O)([O-])c1c(Cl)cc(-c2ccnc(N3CCNCC3)c2)cc1Cl)=C(\N)CC(C)C. The third-order valence-corrected chi connectivity index (χ3v) is 7.94. The van der Waals surface area contributed by atoms with Gasteiger partial charge in [-0.05, 0) is 54.7 Å². The van der Waals surface area contributed by atoms with Crippen LogP contribution in [0.25, 0.3) is 11.1 Å². The summed E-state index contributed by atoms with van der Waals surface area (Å²) < 4.78 is 29.3.